The smallest absolute Gasteiger partial charge is 0.184 e. The van der Waals surface area contributed by atoms with E-state index in [9.17, 15) is 5.11 Å². The third-order valence-electron chi connectivity index (χ3n) is 5.94. The molecule has 0 saturated carbocycles. The van der Waals surface area contributed by atoms with Gasteiger partial charge in [-0.25, -0.2) is 0 Å². The van der Waals surface area contributed by atoms with Gasteiger partial charge in [0.15, 0.2) is 12.6 Å². The first-order chi connectivity index (χ1) is 16.3. The molecule has 5 rings (SSSR count). The van der Waals surface area contributed by atoms with Crippen LogP contribution in [0.25, 0.3) is 0 Å². The summed E-state index contributed by atoms with van der Waals surface area (Å²) in [7, 11) is 0. The molecule has 0 bridgehead atoms. The van der Waals surface area contributed by atoms with Crippen molar-refractivity contribution in [3.8, 4) is 0 Å². The van der Waals surface area contributed by atoms with E-state index < -0.39 is 37.0 Å². The van der Waals surface area contributed by atoms with Crippen molar-refractivity contribution in [2.24, 2.45) is 0 Å². The Kier molecular flexibility index (Phi) is 7.12. The van der Waals surface area contributed by atoms with Gasteiger partial charge in [0, 0.05) is 5.56 Å². The van der Waals surface area contributed by atoms with Crippen LogP contribution in [-0.4, -0.2) is 42.4 Å². The molecule has 33 heavy (non-hydrogen) atoms. The van der Waals surface area contributed by atoms with E-state index in [2.05, 4.69) is 0 Å². The largest absolute Gasteiger partial charge is 0.368 e. The van der Waals surface area contributed by atoms with E-state index in [1.165, 1.54) is 0 Å². The second kappa shape index (κ2) is 10.6. The monoisotopic (exact) mass is 448 g/mol. The zero-order valence-corrected chi connectivity index (χ0v) is 18.2. The summed E-state index contributed by atoms with van der Waals surface area (Å²) in [6.45, 7) is 0.984. The normalized spacial score (nSPS) is 29.4. The Labute approximate surface area is 193 Å². The number of fused-ring (bicyclic) bond motifs is 1. The second-order valence-corrected chi connectivity index (χ2v) is 8.26. The van der Waals surface area contributed by atoms with E-state index in [1.54, 1.807) is 0 Å². The van der Waals surface area contributed by atoms with Gasteiger partial charge in [0.05, 0.1) is 19.8 Å². The van der Waals surface area contributed by atoms with E-state index in [0.717, 1.165) is 16.7 Å². The lowest BCUT2D eigenvalue weighted by Crippen LogP contribution is -2.63. The number of aliphatic hydroxyl groups is 1. The van der Waals surface area contributed by atoms with E-state index >= 15 is 0 Å². The van der Waals surface area contributed by atoms with Crippen molar-refractivity contribution < 1.29 is 28.8 Å². The van der Waals surface area contributed by atoms with Crippen molar-refractivity contribution in [3.05, 3.63) is 108 Å². The van der Waals surface area contributed by atoms with Gasteiger partial charge in [0.25, 0.3) is 0 Å². The summed E-state index contributed by atoms with van der Waals surface area (Å²) in [6, 6.07) is 29.5. The molecular weight excluding hydrogens is 420 g/mol. The van der Waals surface area contributed by atoms with Crippen LogP contribution < -0.4 is 0 Å². The highest BCUT2D eigenvalue weighted by atomic mass is 16.7. The molecule has 0 aliphatic carbocycles. The molecule has 2 fully saturated rings. The Hall–Kier alpha value is -2.58. The van der Waals surface area contributed by atoms with Crippen LogP contribution in [0.1, 0.15) is 23.0 Å². The fourth-order valence-corrected chi connectivity index (χ4v) is 4.24. The summed E-state index contributed by atoms with van der Waals surface area (Å²) < 4.78 is 30.6. The zero-order chi connectivity index (χ0) is 22.5. The molecule has 0 radical (unpaired) electrons. The molecular formula is C27H28O6. The molecule has 6 nitrogen and oxygen atoms in total. The SMILES string of the molecule is O[C@@H]1OC2COC(c3ccccc3)O[C@H]2[C@H](OCc2ccccc2)C1OCc1ccccc1. The number of hydrogen-bond donors (Lipinski definition) is 1. The van der Waals surface area contributed by atoms with Crippen LogP contribution in [-0.2, 0) is 36.9 Å². The third-order valence-corrected chi connectivity index (χ3v) is 5.94. The van der Waals surface area contributed by atoms with Crippen LogP contribution in [0, 0.1) is 0 Å². The van der Waals surface area contributed by atoms with Crippen LogP contribution in [0.3, 0.4) is 0 Å². The molecule has 172 valence electrons. The zero-order valence-electron chi connectivity index (χ0n) is 18.2. The number of rotatable bonds is 7. The van der Waals surface area contributed by atoms with Gasteiger partial charge in [-0.05, 0) is 11.1 Å². The lowest BCUT2D eigenvalue weighted by Gasteiger charge is -2.47. The summed E-state index contributed by atoms with van der Waals surface area (Å²) in [4.78, 5) is 0. The maximum Gasteiger partial charge on any atom is 0.184 e. The molecule has 3 aromatic carbocycles. The molecule has 0 aromatic heterocycles. The molecule has 0 spiro atoms. The van der Waals surface area contributed by atoms with Gasteiger partial charge in [-0.15, -0.1) is 0 Å². The molecule has 3 aromatic rings. The molecule has 2 saturated heterocycles. The number of ether oxygens (including phenoxy) is 5. The van der Waals surface area contributed by atoms with Crippen molar-refractivity contribution in [1.29, 1.82) is 0 Å². The standard InChI is InChI=1S/C27H28O6/c28-26-25(30-17-20-12-6-2-7-13-20)24(29-16-19-10-4-1-5-11-19)23-22(32-26)18-31-27(33-23)21-14-8-3-9-15-21/h1-15,22-28H,16-18H2/t22?,23-,24+,25?,26-,27?/m1/s1. The van der Waals surface area contributed by atoms with Crippen molar-refractivity contribution in [2.45, 2.75) is 50.2 Å². The van der Waals surface area contributed by atoms with E-state index in [4.69, 9.17) is 23.7 Å². The van der Waals surface area contributed by atoms with Gasteiger partial charge in [-0.2, -0.15) is 0 Å². The summed E-state index contributed by atoms with van der Waals surface area (Å²) in [5.74, 6) is 0. The predicted octanol–water partition coefficient (Wildman–Crippen LogP) is 3.99. The van der Waals surface area contributed by atoms with Crippen molar-refractivity contribution in [3.63, 3.8) is 0 Å². The fraction of sp³-hybridized carbons (Fsp3) is 0.333. The topological polar surface area (TPSA) is 66.4 Å². The molecule has 1 N–H and O–H groups in total. The maximum absolute atomic E-state index is 10.8. The van der Waals surface area contributed by atoms with Crippen LogP contribution >= 0.6 is 0 Å². The molecule has 2 aliphatic rings. The number of aliphatic hydroxyl groups excluding tert-OH is 1. The summed E-state index contributed by atoms with van der Waals surface area (Å²) >= 11 is 0. The lowest BCUT2D eigenvalue weighted by atomic mass is 9.97. The highest BCUT2D eigenvalue weighted by Crippen LogP contribution is 2.36. The Morgan fingerprint density at radius 3 is 1.85 bits per heavy atom. The van der Waals surface area contributed by atoms with Gasteiger partial charge in [0.1, 0.15) is 24.4 Å². The average molecular weight is 449 g/mol. The Bertz CT molecular complexity index is 983. The summed E-state index contributed by atoms with van der Waals surface area (Å²) in [5.41, 5.74) is 2.96. The Morgan fingerprint density at radius 2 is 1.24 bits per heavy atom. The second-order valence-electron chi connectivity index (χ2n) is 8.26. The highest BCUT2D eigenvalue weighted by molar-refractivity contribution is 5.17. The summed E-state index contributed by atoms with van der Waals surface area (Å²) in [5, 5.41) is 10.8. The van der Waals surface area contributed by atoms with Gasteiger partial charge >= 0.3 is 0 Å². The van der Waals surface area contributed by atoms with Crippen molar-refractivity contribution in [1.82, 2.24) is 0 Å². The van der Waals surface area contributed by atoms with Gasteiger partial charge in [-0.3, -0.25) is 0 Å². The first kappa shape index (κ1) is 22.2. The predicted molar refractivity (Wildman–Crippen MR) is 121 cm³/mol. The fourth-order valence-electron chi connectivity index (χ4n) is 4.24. The molecule has 6 atom stereocenters. The average Bonchev–Trinajstić information content (AvgIpc) is 2.88. The summed E-state index contributed by atoms with van der Waals surface area (Å²) in [6.07, 6.45) is -3.88. The highest BCUT2D eigenvalue weighted by Gasteiger charge is 2.51. The first-order valence-electron chi connectivity index (χ1n) is 11.2. The number of hydrogen-bond acceptors (Lipinski definition) is 6. The Morgan fingerprint density at radius 1 is 0.697 bits per heavy atom. The van der Waals surface area contributed by atoms with Gasteiger partial charge in [0.2, 0.25) is 0 Å². The molecule has 6 heteroatoms. The van der Waals surface area contributed by atoms with Gasteiger partial charge < -0.3 is 28.8 Å². The molecule has 3 unspecified atom stereocenters. The van der Waals surface area contributed by atoms with Crippen LogP contribution in [0.2, 0.25) is 0 Å². The molecule has 2 aliphatic heterocycles. The maximum atomic E-state index is 10.8. The first-order valence-corrected chi connectivity index (χ1v) is 11.2. The van der Waals surface area contributed by atoms with Crippen molar-refractivity contribution in [2.75, 3.05) is 6.61 Å². The van der Waals surface area contributed by atoms with E-state index in [1.807, 2.05) is 91.0 Å². The lowest BCUT2D eigenvalue weighted by molar-refractivity contribution is -0.366. The van der Waals surface area contributed by atoms with E-state index in [-0.39, 0.29) is 6.61 Å². The molecule has 2 heterocycles. The van der Waals surface area contributed by atoms with Crippen molar-refractivity contribution >= 4 is 0 Å². The van der Waals surface area contributed by atoms with Gasteiger partial charge in [-0.1, -0.05) is 91.0 Å². The van der Waals surface area contributed by atoms with Crippen LogP contribution in [0.5, 0.6) is 0 Å². The Balaban J connectivity index is 1.36. The minimum absolute atomic E-state index is 0.290. The minimum Gasteiger partial charge on any atom is -0.368 e. The quantitative estimate of drug-likeness (QED) is 0.590. The van der Waals surface area contributed by atoms with Crippen LogP contribution in [0.4, 0.5) is 0 Å². The third kappa shape index (κ3) is 5.33. The van der Waals surface area contributed by atoms with E-state index in [0.29, 0.717) is 13.2 Å². The van der Waals surface area contributed by atoms with Crippen LogP contribution in [0.15, 0.2) is 91.0 Å². The number of benzene rings is 3. The molecule has 0 amide bonds. The minimum atomic E-state index is -1.16.